The Morgan fingerprint density at radius 3 is 3.00 bits per heavy atom. The van der Waals surface area contributed by atoms with Crippen molar-refractivity contribution in [3.05, 3.63) is 47.2 Å². The van der Waals surface area contributed by atoms with Crippen molar-refractivity contribution < 1.29 is 4.39 Å². The van der Waals surface area contributed by atoms with Gasteiger partial charge in [-0.1, -0.05) is 19.1 Å². The molecule has 1 heterocycles. The number of hydrogen-bond donors (Lipinski definition) is 1. The lowest BCUT2D eigenvalue weighted by molar-refractivity contribution is 0.620. The maximum atomic E-state index is 13.1. The molecule has 1 aromatic carbocycles. The average Bonchev–Trinajstić information content (AvgIpc) is 2.78. The van der Waals surface area contributed by atoms with E-state index in [4.69, 9.17) is 0 Å². The van der Waals surface area contributed by atoms with Crippen LogP contribution in [0.3, 0.4) is 0 Å². The topological polar surface area (TPSA) is 24.9 Å². The first-order valence-corrected chi connectivity index (χ1v) is 6.09. The first-order valence-electron chi connectivity index (χ1n) is 5.21. The van der Waals surface area contributed by atoms with Crippen LogP contribution in [0, 0.1) is 5.82 Å². The van der Waals surface area contributed by atoms with Gasteiger partial charge in [-0.25, -0.2) is 9.37 Å². The number of aromatic nitrogens is 1. The van der Waals surface area contributed by atoms with Crippen molar-refractivity contribution in [2.24, 2.45) is 0 Å². The molecule has 0 bridgehead atoms. The van der Waals surface area contributed by atoms with Crippen molar-refractivity contribution in [1.82, 2.24) is 4.98 Å². The van der Waals surface area contributed by atoms with Gasteiger partial charge in [-0.2, -0.15) is 0 Å². The number of thiazole rings is 1. The van der Waals surface area contributed by atoms with Crippen LogP contribution in [0.2, 0.25) is 0 Å². The highest BCUT2D eigenvalue weighted by Gasteiger charge is 2.10. The smallest absolute Gasteiger partial charge is 0.183 e. The minimum Gasteiger partial charge on any atom is -0.355 e. The third-order valence-corrected chi connectivity index (χ3v) is 3.09. The average molecular weight is 236 g/mol. The van der Waals surface area contributed by atoms with E-state index in [9.17, 15) is 4.39 Å². The Kier molecular flexibility index (Phi) is 3.51. The molecule has 84 valence electrons. The van der Waals surface area contributed by atoms with Gasteiger partial charge in [0.1, 0.15) is 5.82 Å². The fourth-order valence-electron chi connectivity index (χ4n) is 1.59. The monoisotopic (exact) mass is 236 g/mol. The Bertz CT molecular complexity index is 442. The maximum absolute atomic E-state index is 13.1. The third-order valence-electron chi connectivity index (χ3n) is 2.39. The SMILES string of the molecule is CCC(Nc1nccs1)c1cccc(F)c1. The Labute approximate surface area is 98.2 Å². The summed E-state index contributed by atoms with van der Waals surface area (Å²) in [5, 5.41) is 6.08. The number of anilines is 1. The second-order valence-corrected chi connectivity index (χ2v) is 4.39. The highest BCUT2D eigenvalue weighted by Crippen LogP contribution is 2.23. The molecule has 1 aromatic heterocycles. The van der Waals surface area contributed by atoms with Crippen LogP contribution in [0.25, 0.3) is 0 Å². The van der Waals surface area contributed by atoms with Crippen LogP contribution in [0.1, 0.15) is 24.9 Å². The molecule has 0 radical (unpaired) electrons. The van der Waals surface area contributed by atoms with E-state index < -0.39 is 0 Å². The van der Waals surface area contributed by atoms with E-state index in [-0.39, 0.29) is 11.9 Å². The quantitative estimate of drug-likeness (QED) is 0.872. The van der Waals surface area contributed by atoms with Crippen LogP contribution >= 0.6 is 11.3 Å². The fourth-order valence-corrected chi connectivity index (χ4v) is 2.17. The highest BCUT2D eigenvalue weighted by atomic mass is 32.1. The van der Waals surface area contributed by atoms with Gasteiger partial charge >= 0.3 is 0 Å². The maximum Gasteiger partial charge on any atom is 0.183 e. The predicted molar refractivity (Wildman–Crippen MR) is 65.2 cm³/mol. The molecule has 0 fully saturated rings. The van der Waals surface area contributed by atoms with Crippen molar-refractivity contribution >= 4 is 16.5 Å². The largest absolute Gasteiger partial charge is 0.355 e. The summed E-state index contributed by atoms with van der Waals surface area (Å²) in [6.07, 6.45) is 2.65. The van der Waals surface area contributed by atoms with Gasteiger partial charge in [0.15, 0.2) is 5.13 Å². The fraction of sp³-hybridized carbons (Fsp3) is 0.250. The van der Waals surface area contributed by atoms with Crippen LogP contribution in [0.4, 0.5) is 9.52 Å². The standard InChI is InChI=1S/C12H13FN2S/c1-2-11(15-12-14-6-7-16-12)9-4-3-5-10(13)8-9/h3-8,11H,2H2,1H3,(H,14,15). The van der Waals surface area contributed by atoms with Gasteiger partial charge in [0.05, 0.1) is 6.04 Å². The minimum absolute atomic E-state index is 0.113. The van der Waals surface area contributed by atoms with Gasteiger partial charge in [0.25, 0.3) is 0 Å². The van der Waals surface area contributed by atoms with E-state index in [0.29, 0.717) is 0 Å². The van der Waals surface area contributed by atoms with Crippen LogP contribution in [0.5, 0.6) is 0 Å². The van der Waals surface area contributed by atoms with Crippen molar-refractivity contribution in [3.63, 3.8) is 0 Å². The summed E-state index contributed by atoms with van der Waals surface area (Å²) in [5.41, 5.74) is 0.956. The van der Waals surface area contributed by atoms with Crippen molar-refractivity contribution in [1.29, 1.82) is 0 Å². The van der Waals surface area contributed by atoms with Crippen LogP contribution < -0.4 is 5.32 Å². The lowest BCUT2D eigenvalue weighted by atomic mass is 10.0. The molecule has 2 aromatic rings. The second kappa shape index (κ2) is 5.07. The van der Waals surface area contributed by atoms with E-state index in [2.05, 4.69) is 17.2 Å². The highest BCUT2D eigenvalue weighted by molar-refractivity contribution is 7.13. The number of halogens is 1. The van der Waals surface area contributed by atoms with Crippen molar-refractivity contribution in [2.75, 3.05) is 5.32 Å². The zero-order chi connectivity index (χ0) is 11.4. The molecule has 2 nitrogen and oxygen atoms in total. The molecule has 4 heteroatoms. The van der Waals surface area contributed by atoms with E-state index in [1.807, 2.05) is 11.4 Å². The number of benzene rings is 1. The molecule has 0 aliphatic carbocycles. The molecular weight excluding hydrogens is 223 g/mol. The lowest BCUT2D eigenvalue weighted by Gasteiger charge is -2.16. The molecule has 2 rings (SSSR count). The summed E-state index contributed by atoms with van der Waals surface area (Å²) < 4.78 is 13.1. The van der Waals surface area contributed by atoms with E-state index in [1.54, 1.807) is 29.7 Å². The summed E-state index contributed by atoms with van der Waals surface area (Å²) in [6, 6.07) is 6.80. The molecule has 0 aliphatic rings. The third kappa shape index (κ3) is 2.58. The molecule has 0 saturated heterocycles. The van der Waals surface area contributed by atoms with Gasteiger partial charge in [0.2, 0.25) is 0 Å². The summed E-state index contributed by atoms with van der Waals surface area (Å²) in [4.78, 5) is 4.17. The number of nitrogens with zero attached hydrogens (tertiary/aromatic N) is 1. The summed E-state index contributed by atoms with van der Waals surface area (Å²) in [5.74, 6) is -0.197. The van der Waals surface area contributed by atoms with E-state index in [1.165, 1.54) is 6.07 Å². The van der Waals surface area contributed by atoms with E-state index in [0.717, 1.165) is 17.1 Å². The van der Waals surface area contributed by atoms with Crippen molar-refractivity contribution in [3.8, 4) is 0 Å². The zero-order valence-electron chi connectivity index (χ0n) is 8.98. The molecule has 0 spiro atoms. The predicted octanol–water partition coefficient (Wildman–Crippen LogP) is 3.85. The molecule has 0 saturated carbocycles. The number of rotatable bonds is 4. The Morgan fingerprint density at radius 2 is 2.38 bits per heavy atom. The molecule has 1 N–H and O–H groups in total. The minimum atomic E-state index is -0.197. The van der Waals surface area contributed by atoms with Gasteiger partial charge in [-0.3, -0.25) is 0 Å². The summed E-state index contributed by atoms with van der Waals surface area (Å²) >= 11 is 1.55. The molecule has 16 heavy (non-hydrogen) atoms. The van der Waals surface area contributed by atoms with Crippen LogP contribution in [-0.2, 0) is 0 Å². The Balaban J connectivity index is 2.16. The van der Waals surface area contributed by atoms with E-state index >= 15 is 0 Å². The molecular formula is C12H13FN2S. The molecule has 1 atom stereocenters. The van der Waals surface area contributed by atoms with Gasteiger partial charge < -0.3 is 5.32 Å². The second-order valence-electron chi connectivity index (χ2n) is 3.50. The first-order chi connectivity index (χ1) is 7.79. The zero-order valence-corrected chi connectivity index (χ0v) is 9.80. The molecule has 0 aliphatic heterocycles. The summed E-state index contributed by atoms with van der Waals surface area (Å²) in [7, 11) is 0. The lowest BCUT2D eigenvalue weighted by Crippen LogP contribution is -2.09. The van der Waals surface area contributed by atoms with Crippen LogP contribution in [-0.4, -0.2) is 4.98 Å². The van der Waals surface area contributed by atoms with Gasteiger partial charge in [-0.15, -0.1) is 11.3 Å². The Morgan fingerprint density at radius 1 is 1.50 bits per heavy atom. The van der Waals surface area contributed by atoms with Gasteiger partial charge in [-0.05, 0) is 24.1 Å². The molecule has 1 unspecified atom stereocenters. The number of hydrogen-bond acceptors (Lipinski definition) is 3. The molecule has 0 amide bonds. The Hall–Kier alpha value is -1.42. The normalized spacial score (nSPS) is 12.4. The number of nitrogens with one attached hydrogen (secondary N) is 1. The first kappa shape index (κ1) is 11.1. The van der Waals surface area contributed by atoms with Crippen molar-refractivity contribution in [2.45, 2.75) is 19.4 Å². The van der Waals surface area contributed by atoms with Crippen LogP contribution in [0.15, 0.2) is 35.8 Å². The van der Waals surface area contributed by atoms with Gasteiger partial charge in [0, 0.05) is 11.6 Å². The summed E-state index contributed by atoms with van der Waals surface area (Å²) in [6.45, 7) is 2.07.